The molecule has 21 heavy (non-hydrogen) atoms. The van der Waals surface area contributed by atoms with E-state index in [1.165, 1.54) is 17.0 Å². The van der Waals surface area contributed by atoms with E-state index in [0.29, 0.717) is 16.4 Å². The second-order valence-corrected chi connectivity index (χ2v) is 5.34. The van der Waals surface area contributed by atoms with Gasteiger partial charge in [-0.25, -0.2) is 9.69 Å². The average Bonchev–Trinajstić information content (AvgIpc) is 2.43. The molecule has 2 aromatic carbocycles. The highest BCUT2D eigenvalue weighted by Crippen LogP contribution is 2.40. The predicted octanol–water partition coefficient (Wildman–Crippen LogP) is 5.94. The van der Waals surface area contributed by atoms with Crippen molar-refractivity contribution in [2.24, 2.45) is 0 Å². The molecule has 0 saturated carbocycles. The molecular formula is C15H12Cl3NO2. The molecule has 1 amide bonds. The minimum absolute atomic E-state index is 0.241. The first kappa shape index (κ1) is 16.0. The van der Waals surface area contributed by atoms with Gasteiger partial charge in [0, 0.05) is 5.02 Å². The molecule has 0 aliphatic carbocycles. The van der Waals surface area contributed by atoms with Crippen LogP contribution in [0.2, 0.25) is 15.1 Å². The van der Waals surface area contributed by atoms with Crippen molar-refractivity contribution in [2.45, 2.75) is 6.92 Å². The van der Waals surface area contributed by atoms with Gasteiger partial charge < -0.3 is 4.74 Å². The maximum atomic E-state index is 12.3. The van der Waals surface area contributed by atoms with Crippen molar-refractivity contribution in [1.82, 2.24) is 0 Å². The normalized spacial score (nSPS) is 10.3. The number of para-hydroxylation sites is 1. The lowest BCUT2D eigenvalue weighted by molar-refractivity contribution is 0.162. The Morgan fingerprint density at radius 2 is 1.67 bits per heavy atom. The lowest BCUT2D eigenvalue weighted by Gasteiger charge is -2.24. The summed E-state index contributed by atoms with van der Waals surface area (Å²) in [6.45, 7) is 1.97. The fraction of sp³-hybridized carbons (Fsp3) is 0.133. The third kappa shape index (κ3) is 3.62. The van der Waals surface area contributed by atoms with Gasteiger partial charge >= 0.3 is 6.09 Å². The van der Waals surface area contributed by atoms with E-state index in [0.717, 1.165) is 0 Å². The molecule has 0 radical (unpaired) electrons. The first-order chi connectivity index (χ1) is 10.0. The molecule has 0 spiro atoms. The van der Waals surface area contributed by atoms with Gasteiger partial charge in [-0.15, -0.1) is 0 Å². The smallest absolute Gasteiger partial charge is 0.419 e. The number of amides is 1. The zero-order valence-electron chi connectivity index (χ0n) is 11.1. The van der Waals surface area contributed by atoms with Crippen LogP contribution < -0.4 is 4.90 Å². The molecule has 0 aliphatic rings. The fourth-order valence-electron chi connectivity index (χ4n) is 1.84. The number of benzene rings is 2. The zero-order chi connectivity index (χ0) is 15.4. The van der Waals surface area contributed by atoms with Crippen LogP contribution in [0.1, 0.15) is 6.92 Å². The topological polar surface area (TPSA) is 29.5 Å². The SMILES string of the molecule is CCOC(=O)N(c1ccccc1)c1c(Cl)cc(Cl)cc1Cl. The van der Waals surface area contributed by atoms with Crippen LogP contribution >= 0.6 is 34.8 Å². The second-order valence-electron chi connectivity index (χ2n) is 4.09. The van der Waals surface area contributed by atoms with E-state index in [2.05, 4.69) is 0 Å². The summed E-state index contributed by atoms with van der Waals surface area (Å²) in [7, 11) is 0. The van der Waals surface area contributed by atoms with E-state index in [9.17, 15) is 4.79 Å². The summed E-state index contributed by atoms with van der Waals surface area (Å²) < 4.78 is 5.09. The number of nitrogens with zero attached hydrogens (tertiary/aromatic N) is 1. The minimum atomic E-state index is -0.560. The van der Waals surface area contributed by atoms with Crippen molar-refractivity contribution in [1.29, 1.82) is 0 Å². The standard InChI is InChI=1S/C15H12Cl3NO2/c1-2-21-15(20)19(11-6-4-3-5-7-11)14-12(17)8-10(16)9-13(14)18/h3-9H,2H2,1H3. The maximum Gasteiger partial charge on any atom is 0.419 e. The van der Waals surface area contributed by atoms with E-state index in [1.54, 1.807) is 31.2 Å². The number of ether oxygens (including phenoxy) is 1. The van der Waals surface area contributed by atoms with Gasteiger partial charge in [0.15, 0.2) is 0 Å². The van der Waals surface area contributed by atoms with E-state index in [-0.39, 0.29) is 16.7 Å². The summed E-state index contributed by atoms with van der Waals surface area (Å²) in [5.74, 6) is 0. The molecule has 0 aliphatic heterocycles. The quantitative estimate of drug-likeness (QED) is 0.689. The monoisotopic (exact) mass is 343 g/mol. The van der Waals surface area contributed by atoms with Crippen molar-refractivity contribution in [3.63, 3.8) is 0 Å². The zero-order valence-corrected chi connectivity index (χ0v) is 13.4. The summed E-state index contributed by atoms with van der Waals surface area (Å²) in [4.78, 5) is 13.6. The molecule has 0 aromatic heterocycles. The second kappa shape index (κ2) is 7.03. The van der Waals surface area contributed by atoms with Crippen molar-refractivity contribution < 1.29 is 9.53 Å². The van der Waals surface area contributed by atoms with Crippen molar-refractivity contribution in [3.8, 4) is 0 Å². The van der Waals surface area contributed by atoms with Crippen LogP contribution in [0, 0.1) is 0 Å². The first-order valence-electron chi connectivity index (χ1n) is 6.21. The van der Waals surface area contributed by atoms with E-state index >= 15 is 0 Å². The van der Waals surface area contributed by atoms with E-state index in [1.807, 2.05) is 6.07 Å². The molecule has 2 aromatic rings. The Morgan fingerprint density at radius 3 is 2.19 bits per heavy atom. The Balaban J connectivity index is 2.58. The lowest BCUT2D eigenvalue weighted by atomic mass is 10.2. The average molecular weight is 345 g/mol. The fourth-order valence-corrected chi connectivity index (χ4v) is 2.83. The van der Waals surface area contributed by atoms with Gasteiger partial charge in [0.2, 0.25) is 0 Å². The van der Waals surface area contributed by atoms with Gasteiger partial charge in [0.1, 0.15) is 0 Å². The van der Waals surface area contributed by atoms with Crippen LogP contribution in [-0.4, -0.2) is 12.7 Å². The molecule has 0 fully saturated rings. The largest absolute Gasteiger partial charge is 0.449 e. The van der Waals surface area contributed by atoms with Gasteiger partial charge in [-0.2, -0.15) is 0 Å². The van der Waals surface area contributed by atoms with Crippen LogP contribution in [0.4, 0.5) is 16.2 Å². The summed E-state index contributed by atoms with van der Waals surface area (Å²) in [6, 6.07) is 12.0. The Kier molecular flexibility index (Phi) is 5.34. The van der Waals surface area contributed by atoms with E-state index in [4.69, 9.17) is 39.5 Å². The molecule has 0 bridgehead atoms. The number of anilines is 2. The summed E-state index contributed by atoms with van der Waals surface area (Å²) in [5.41, 5.74) is 0.939. The Bertz CT molecular complexity index is 624. The van der Waals surface area contributed by atoms with Crippen LogP contribution in [0.25, 0.3) is 0 Å². The van der Waals surface area contributed by atoms with Crippen molar-refractivity contribution in [3.05, 3.63) is 57.5 Å². The van der Waals surface area contributed by atoms with Crippen LogP contribution in [0.3, 0.4) is 0 Å². The number of halogens is 3. The van der Waals surface area contributed by atoms with Crippen LogP contribution in [-0.2, 0) is 4.74 Å². The van der Waals surface area contributed by atoms with Gasteiger partial charge in [0.05, 0.1) is 28.0 Å². The number of hydrogen-bond acceptors (Lipinski definition) is 2. The summed E-state index contributed by atoms with van der Waals surface area (Å²) in [6.07, 6.45) is -0.560. The maximum absolute atomic E-state index is 12.3. The molecule has 0 heterocycles. The third-order valence-electron chi connectivity index (χ3n) is 2.67. The molecule has 0 N–H and O–H groups in total. The number of rotatable bonds is 3. The highest BCUT2D eigenvalue weighted by Gasteiger charge is 2.24. The molecule has 0 unspecified atom stereocenters. The first-order valence-corrected chi connectivity index (χ1v) is 7.34. The lowest BCUT2D eigenvalue weighted by Crippen LogP contribution is -2.27. The van der Waals surface area contributed by atoms with Gasteiger partial charge in [0.25, 0.3) is 0 Å². The number of carbonyl (C=O) groups excluding carboxylic acids is 1. The van der Waals surface area contributed by atoms with Gasteiger partial charge in [-0.1, -0.05) is 53.0 Å². The molecule has 0 saturated heterocycles. The summed E-state index contributed by atoms with van der Waals surface area (Å²) in [5, 5.41) is 0.930. The Labute approximate surface area is 138 Å². The minimum Gasteiger partial charge on any atom is -0.449 e. The van der Waals surface area contributed by atoms with Crippen molar-refractivity contribution in [2.75, 3.05) is 11.5 Å². The summed E-state index contributed by atoms with van der Waals surface area (Å²) >= 11 is 18.3. The van der Waals surface area contributed by atoms with Gasteiger partial charge in [-0.05, 0) is 31.2 Å². The van der Waals surface area contributed by atoms with Crippen molar-refractivity contribution >= 4 is 52.3 Å². The van der Waals surface area contributed by atoms with Gasteiger partial charge in [-0.3, -0.25) is 0 Å². The number of carbonyl (C=O) groups is 1. The highest BCUT2D eigenvalue weighted by atomic mass is 35.5. The number of hydrogen-bond donors (Lipinski definition) is 0. The Hall–Kier alpha value is -1.42. The van der Waals surface area contributed by atoms with Crippen LogP contribution in [0.15, 0.2) is 42.5 Å². The molecule has 110 valence electrons. The Morgan fingerprint density at radius 1 is 1.10 bits per heavy atom. The molecule has 6 heteroatoms. The van der Waals surface area contributed by atoms with Crippen LogP contribution in [0.5, 0.6) is 0 Å². The third-order valence-corrected chi connectivity index (χ3v) is 3.46. The molecule has 0 atom stereocenters. The van der Waals surface area contributed by atoms with E-state index < -0.39 is 6.09 Å². The highest BCUT2D eigenvalue weighted by molar-refractivity contribution is 6.42. The molecular weight excluding hydrogens is 333 g/mol. The predicted molar refractivity (Wildman–Crippen MR) is 87.1 cm³/mol. The molecule has 2 rings (SSSR count). The molecule has 3 nitrogen and oxygen atoms in total.